The lowest BCUT2D eigenvalue weighted by Crippen LogP contribution is -2.38. The number of benzene rings is 1. The van der Waals surface area contributed by atoms with Crippen LogP contribution in [0.2, 0.25) is 0 Å². The van der Waals surface area contributed by atoms with Crippen molar-refractivity contribution in [2.45, 2.75) is 31.7 Å². The smallest absolute Gasteiger partial charge is 0.254 e. The summed E-state index contributed by atoms with van der Waals surface area (Å²) in [6.45, 7) is 1.94. The van der Waals surface area contributed by atoms with Crippen LogP contribution >= 0.6 is 0 Å². The van der Waals surface area contributed by atoms with Gasteiger partial charge in [0.25, 0.3) is 5.91 Å². The molecule has 1 aromatic carbocycles. The molecular formula is C19H21F3N2O2. The zero-order chi connectivity index (χ0) is 18.5. The summed E-state index contributed by atoms with van der Waals surface area (Å²) in [6.07, 6.45) is 6.00. The lowest BCUT2D eigenvalue weighted by Gasteiger charge is -2.29. The quantitative estimate of drug-likeness (QED) is 0.813. The highest BCUT2D eigenvalue weighted by Crippen LogP contribution is 2.24. The Kier molecular flexibility index (Phi) is 5.98. The molecule has 0 radical (unpaired) electrons. The molecule has 1 saturated heterocycles. The molecule has 140 valence electrons. The van der Waals surface area contributed by atoms with Gasteiger partial charge >= 0.3 is 0 Å². The van der Waals surface area contributed by atoms with Crippen molar-refractivity contribution in [1.29, 1.82) is 0 Å². The molecule has 26 heavy (non-hydrogen) atoms. The molecule has 1 unspecified atom stereocenters. The number of furan rings is 1. The predicted octanol–water partition coefficient (Wildman–Crippen LogP) is 4.04. The van der Waals surface area contributed by atoms with Crippen LogP contribution in [0.1, 0.15) is 47.8 Å². The van der Waals surface area contributed by atoms with Crippen molar-refractivity contribution in [2.75, 3.05) is 19.6 Å². The van der Waals surface area contributed by atoms with E-state index in [0.717, 1.165) is 50.9 Å². The van der Waals surface area contributed by atoms with Gasteiger partial charge in [0.2, 0.25) is 0 Å². The minimum absolute atomic E-state index is 0.185. The Morgan fingerprint density at radius 3 is 2.46 bits per heavy atom. The van der Waals surface area contributed by atoms with E-state index in [-0.39, 0.29) is 12.6 Å². The first-order valence-electron chi connectivity index (χ1n) is 8.77. The fourth-order valence-corrected chi connectivity index (χ4v) is 3.28. The lowest BCUT2D eigenvalue weighted by atomic mass is 10.1. The predicted molar refractivity (Wildman–Crippen MR) is 90.1 cm³/mol. The summed E-state index contributed by atoms with van der Waals surface area (Å²) >= 11 is 0. The van der Waals surface area contributed by atoms with Crippen LogP contribution in [-0.2, 0) is 0 Å². The van der Waals surface area contributed by atoms with Gasteiger partial charge in [-0.25, -0.2) is 13.2 Å². The van der Waals surface area contributed by atoms with Crippen LogP contribution in [0.4, 0.5) is 13.2 Å². The second kappa shape index (κ2) is 8.40. The molecule has 1 amide bonds. The first kappa shape index (κ1) is 18.5. The lowest BCUT2D eigenvalue weighted by molar-refractivity contribution is 0.0922. The maximum atomic E-state index is 13.8. The van der Waals surface area contributed by atoms with E-state index in [4.69, 9.17) is 4.42 Å². The average Bonchev–Trinajstić information content (AvgIpc) is 3.03. The number of hydrogen-bond donors (Lipinski definition) is 1. The van der Waals surface area contributed by atoms with Crippen molar-refractivity contribution in [3.63, 3.8) is 0 Å². The third kappa shape index (κ3) is 4.09. The molecule has 1 N–H and O–H groups in total. The molecule has 1 aliphatic rings. The molecule has 2 heterocycles. The fraction of sp³-hybridized carbons (Fsp3) is 0.421. The minimum Gasteiger partial charge on any atom is -0.468 e. The van der Waals surface area contributed by atoms with E-state index < -0.39 is 28.9 Å². The Bertz CT molecular complexity index is 741. The molecule has 0 bridgehead atoms. The van der Waals surface area contributed by atoms with Crippen molar-refractivity contribution in [1.82, 2.24) is 10.2 Å². The van der Waals surface area contributed by atoms with Gasteiger partial charge in [0.15, 0.2) is 17.5 Å². The van der Waals surface area contributed by atoms with Crippen molar-refractivity contribution >= 4 is 5.91 Å². The summed E-state index contributed by atoms with van der Waals surface area (Å²) in [5, 5.41) is 2.62. The fourth-order valence-electron chi connectivity index (χ4n) is 3.28. The first-order chi connectivity index (χ1) is 12.6. The van der Waals surface area contributed by atoms with Gasteiger partial charge in [-0.05, 0) is 50.2 Å². The number of nitrogens with one attached hydrogen (secondary N) is 1. The van der Waals surface area contributed by atoms with Gasteiger partial charge in [-0.3, -0.25) is 9.69 Å². The van der Waals surface area contributed by atoms with E-state index in [2.05, 4.69) is 10.2 Å². The highest BCUT2D eigenvalue weighted by atomic mass is 19.2. The number of amides is 1. The average molecular weight is 366 g/mol. The summed E-state index contributed by atoms with van der Waals surface area (Å²) < 4.78 is 45.7. The Hall–Kier alpha value is -2.28. The largest absolute Gasteiger partial charge is 0.468 e. The number of carbonyl (C=O) groups excluding carboxylic acids is 1. The number of hydrogen-bond acceptors (Lipinski definition) is 3. The molecule has 4 nitrogen and oxygen atoms in total. The zero-order valence-corrected chi connectivity index (χ0v) is 14.3. The minimum atomic E-state index is -1.65. The number of carbonyl (C=O) groups is 1. The molecule has 1 fully saturated rings. The maximum Gasteiger partial charge on any atom is 0.254 e. The molecule has 1 aromatic heterocycles. The molecule has 1 aliphatic heterocycles. The molecule has 0 aliphatic carbocycles. The van der Waals surface area contributed by atoms with E-state index in [9.17, 15) is 18.0 Å². The summed E-state index contributed by atoms with van der Waals surface area (Å²) in [5.74, 6) is -4.53. The molecular weight excluding hydrogens is 345 g/mol. The van der Waals surface area contributed by atoms with Gasteiger partial charge in [0.1, 0.15) is 5.76 Å². The number of nitrogens with zero attached hydrogens (tertiary/aromatic N) is 1. The van der Waals surface area contributed by atoms with Gasteiger partial charge in [-0.1, -0.05) is 12.8 Å². The second-order valence-electron chi connectivity index (χ2n) is 6.41. The van der Waals surface area contributed by atoms with Crippen molar-refractivity contribution in [3.05, 3.63) is 59.3 Å². The van der Waals surface area contributed by atoms with Crippen molar-refractivity contribution in [2.24, 2.45) is 0 Å². The Labute approximate surface area is 150 Å². The van der Waals surface area contributed by atoms with E-state index in [0.29, 0.717) is 5.76 Å². The topological polar surface area (TPSA) is 45.5 Å². The zero-order valence-electron chi connectivity index (χ0n) is 14.3. The second-order valence-corrected chi connectivity index (χ2v) is 6.41. The van der Waals surface area contributed by atoms with E-state index in [1.807, 2.05) is 6.07 Å². The van der Waals surface area contributed by atoms with E-state index in [1.165, 1.54) is 0 Å². The van der Waals surface area contributed by atoms with Crippen LogP contribution in [0.25, 0.3) is 0 Å². The molecule has 0 spiro atoms. The van der Waals surface area contributed by atoms with Crippen LogP contribution in [0.15, 0.2) is 34.9 Å². The van der Waals surface area contributed by atoms with Crippen LogP contribution < -0.4 is 5.32 Å². The van der Waals surface area contributed by atoms with Crippen LogP contribution in [-0.4, -0.2) is 30.4 Å². The Morgan fingerprint density at radius 2 is 1.81 bits per heavy atom. The van der Waals surface area contributed by atoms with Crippen molar-refractivity contribution < 1.29 is 22.4 Å². The van der Waals surface area contributed by atoms with E-state index >= 15 is 0 Å². The molecule has 3 rings (SSSR count). The van der Waals surface area contributed by atoms with Crippen LogP contribution in [0.3, 0.4) is 0 Å². The molecule has 2 aromatic rings. The monoisotopic (exact) mass is 366 g/mol. The summed E-state index contributed by atoms with van der Waals surface area (Å²) in [4.78, 5) is 14.5. The summed E-state index contributed by atoms with van der Waals surface area (Å²) in [7, 11) is 0. The normalized spacial score (nSPS) is 16.9. The SMILES string of the molecule is O=C(NCC(c1ccco1)N1CCCCCC1)c1ccc(F)c(F)c1F. The molecule has 0 saturated carbocycles. The molecule has 1 atom stereocenters. The highest BCUT2D eigenvalue weighted by Gasteiger charge is 2.25. The first-order valence-corrected chi connectivity index (χ1v) is 8.77. The van der Waals surface area contributed by atoms with Gasteiger partial charge in [0.05, 0.1) is 17.9 Å². The standard InChI is InChI=1S/C19H21F3N2O2/c20-14-8-7-13(17(21)18(14)22)19(25)23-12-15(16-6-5-11-26-16)24-9-3-1-2-4-10-24/h5-8,11,15H,1-4,9-10,12H2,(H,23,25). The van der Waals surface area contributed by atoms with Crippen LogP contribution in [0, 0.1) is 17.5 Å². The third-order valence-electron chi connectivity index (χ3n) is 4.69. The Morgan fingerprint density at radius 1 is 1.08 bits per heavy atom. The summed E-state index contributed by atoms with van der Waals surface area (Å²) in [5.41, 5.74) is -0.516. The Balaban J connectivity index is 1.73. The number of rotatable bonds is 5. The van der Waals surface area contributed by atoms with Crippen LogP contribution in [0.5, 0.6) is 0 Å². The van der Waals surface area contributed by atoms with Crippen molar-refractivity contribution in [3.8, 4) is 0 Å². The van der Waals surface area contributed by atoms with Gasteiger partial charge in [-0.15, -0.1) is 0 Å². The number of likely N-dealkylation sites (tertiary alicyclic amines) is 1. The summed E-state index contributed by atoms with van der Waals surface area (Å²) in [6, 6.07) is 5.10. The van der Waals surface area contributed by atoms with Gasteiger partial charge in [0, 0.05) is 6.54 Å². The van der Waals surface area contributed by atoms with Gasteiger partial charge < -0.3 is 9.73 Å². The third-order valence-corrected chi connectivity index (χ3v) is 4.69. The van der Waals surface area contributed by atoms with Gasteiger partial charge in [-0.2, -0.15) is 0 Å². The maximum absolute atomic E-state index is 13.8. The highest BCUT2D eigenvalue weighted by molar-refractivity contribution is 5.94. The molecule has 7 heteroatoms. The van der Waals surface area contributed by atoms with E-state index in [1.54, 1.807) is 12.3 Å². The number of halogens is 3.